The third kappa shape index (κ3) is 5.73. The average Bonchev–Trinajstić information content (AvgIpc) is 3.30. The molecular formula is C35H60O6. The van der Waals surface area contributed by atoms with Crippen LogP contribution in [-0.4, -0.2) is 63.8 Å². The van der Waals surface area contributed by atoms with Crippen molar-refractivity contribution < 1.29 is 29.9 Å². The quantitative estimate of drug-likeness (QED) is 0.257. The van der Waals surface area contributed by atoms with E-state index in [1.807, 2.05) is 0 Å². The van der Waals surface area contributed by atoms with Crippen molar-refractivity contribution in [3.05, 3.63) is 11.6 Å². The van der Waals surface area contributed by atoms with Gasteiger partial charge in [-0.05, 0) is 110 Å². The first-order chi connectivity index (χ1) is 19.4. The predicted molar refractivity (Wildman–Crippen MR) is 161 cm³/mol. The molecule has 0 aromatic rings. The van der Waals surface area contributed by atoms with Crippen LogP contribution in [0, 0.1) is 52.3 Å². The lowest BCUT2D eigenvalue weighted by Crippen LogP contribution is -2.60. The Bertz CT molecular complexity index is 918. The maximum absolute atomic E-state index is 10.5. The molecule has 1 heterocycles. The largest absolute Gasteiger partial charge is 0.394 e. The Morgan fingerprint density at radius 1 is 0.951 bits per heavy atom. The summed E-state index contributed by atoms with van der Waals surface area (Å²) in [6.07, 6.45) is 9.92. The van der Waals surface area contributed by atoms with Gasteiger partial charge in [-0.3, -0.25) is 0 Å². The van der Waals surface area contributed by atoms with Crippen LogP contribution < -0.4 is 0 Å². The van der Waals surface area contributed by atoms with E-state index in [1.165, 1.54) is 56.9 Å². The second-order valence-electron chi connectivity index (χ2n) is 15.7. The zero-order valence-corrected chi connectivity index (χ0v) is 26.7. The van der Waals surface area contributed by atoms with Crippen LogP contribution in [0.15, 0.2) is 11.6 Å². The molecule has 3 saturated carbocycles. The minimum atomic E-state index is -1.40. The van der Waals surface area contributed by atoms with Gasteiger partial charge in [0.15, 0.2) is 6.29 Å². The van der Waals surface area contributed by atoms with Crippen molar-refractivity contribution in [1.82, 2.24) is 0 Å². The first-order valence-electron chi connectivity index (χ1n) is 17.1. The van der Waals surface area contributed by atoms with E-state index in [-0.39, 0.29) is 11.5 Å². The lowest BCUT2D eigenvalue weighted by Gasteiger charge is -2.58. The van der Waals surface area contributed by atoms with Gasteiger partial charge in [0.25, 0.3) is 0 Å². The maximum atomic E-state index is 10.5. The molecule has 1 saturated heterocycles. The molecular weight excluding hydrogens is 516 g/mol. The Kier molecular flexibility index (Phi) is 9.71. The Morgan fingerprint density at radius 2 is 1.71 bits per heavy atom. The maximum Gasteiger partial charge on any atom is 0.186 e. The van der Waals surface area contributed by atoms with Gasteiger partial charge >= 0.3 is 0 Å². The number of aliphatic hydroxyl groups is 4. The zero-order chi connectivity index (χ0) is 29.7. The summed E-state index contributed by atoms with van der Waals surface area (Å²) in [5.74, 6) is 5.66. The van der Waals surface area contributed by atoms with Gasteiger partial charge in [0.1, 0.15) is 24.4 Å². The Morgan fingerprint density at radius 3 is 2.39 bits per heavy atom. The summed E-state index contributed by atoms with van der Waals surface area (Å²) in [6, 6.07) is 0. The molecule has 6 heteroatoms. The van der Waals surface area contributed by atoms with E-state index in [1.54, 1.807) is 0 Å². The second-order valence-corrected chi connectivity index (χ2v) is 15.7. The van der Waals surface area contributed by atoms with E-state index in [2.05, 4.69) is 47.6 Å². The molecule has 4 N–H and O–H groups in total. The number of fused-ring (bicyclic) bond motifs is 5. The highest BCUT2D eigenvalue weighted by Gasteiger charge is 2.59. The van der Waals surface area contributed by atoms with E-state index in [4.69, 9.17) is 9.47 Å². The summed E-state index contributed by atoms with van der Waals surface area (Å²) in [6.45, 7) is 14.5. The second kappa shape index (κ2) is 12.5. The van der Waals surface area contributed by atoms with Crippen LogP contribution in [0.1, 0.15) is 112 Å². The molecule has 236 valence electrons. The van der Waals surface area contributed by atoms with Crippen molar-refractivity contribution in [1.29, 1.82) is 0 Å². The van der Waals surface area contributed by atoms with Gasteiger partial charge in [-0.25, -0.2) is 0 Å². The molecule has 14 atom stereocenters. The van der Waals surface area contributed by atoms with E-state index < -0.39 is 37.3 Å². The van der Waals surface area contributed by atoms with Crippen LogP contribution in [0.25, 0.3) is 0 Å². The van der Waals surface area contributed by atoms with Crippen LogP contribution in [0.4, 0.5) is 0 Å². The van der Waals surface area contributed by atoms with Crippen LogP contribution in [0.5, 0.6) is 0 Å². The Balaban J connectivity index is 1.24. The topological polar surface area (TPSA) is 99.4 Å². The highest BCUT2D eigenvalue weighted by Crippen LogP contribution is 2.67. The number of aliphatic hydroxyl groups excluding tert-OH is 4. The fourth-order valence-corrected chi connectivity index (χ4v) is 10.8. The molecule has 4 fully saturated rings. The van der Waals surface area contributed by atoms with Gasteiger partial charge in [-0.15, -0.1) is 0 Å². The molecule has 0 amide bonds. The minimum absolute atomic E-state index is 0.101. The Hall–Kier alpha value is -0.500. The number of hydrogen-bond acceptors (Lipinski definition) is 6. The number of allylic oxidation sites excluding steroid dienone is 1. The molecule has 41 heavy (non-hydrogen) atoms. The van der Waals surface area contributed by atoms with Crippen molar-refractivity contribution in [2.75, 3.05) is 6.61 Å². The average molecular weight is 577 g/mol. The van der Waals surface area contributed by atoms with Crippen LogP contribution in [0.2, 0.25) is 0 Å². The summed E-state index contributed by atoms with van der Waals surface area (Å²) in [5, 5.41) is 40.4. The standard InChI is InChI=1S/C35H60O6/c1-7-22(20(2)3)9-8-21(4)26-12-13-27-25-11-10-23-18-24(14-16-34(23,5)28(25)15-17-35(26,27)6)40-33-32(39)31(38)30(37)29(19-36)41-33/h10,20-22,24-33,36-39H,7-9,11-19H2,1-6H3/t21-,22?,24+,25+,26-,27+,28+,29-,30+,31+,32-,33-,34+,35-/m1/s1. The molecule has 0 spiro atoms. The number of rotatable bonds is 9. The molecule has 0 aromatic heterocycles. The molecule has 5 aliphatic rings. The van der Waals surface area contributed by atoms with Crippen molar-refractivity contribution >= 4 is 0 Å². The normalized spacial score (nSPS) is 47.7. The molecule has 0 aromatic carbocycles. The van der Waals surface area contributed by atoms with Crippen molar-refractivity contribution in [2.24, 2.45) is 52.3 Å². The highest BCUT2D eigenvalue weighted by molar-refractivity contribution is 5.25. The predicted octanol–water partition coefficient (Wildman–Crippen LogP) is 5.85. The SMILES string of the molecule is CCC(CC[C@@H](C)[C@H]1CC[C@H]2[C@@H]3CC=C4C[C@@H](O[C@@H]5O[C@H](CO)[C@H](O)[C@H](O)[C@H]5O)CC[C@]4(C)[C@H]3CC[C@]12C)C(C)C. The van der Waals surface area contributed by atoms with E-state index in [0.717, 1.165) is 60.7 Å². The summed E-state index contributed by atoms with van der Waals surface area (Å²) in [4.78, 5) is 0. The fraction of sp³-hybridized carbons (Fsp3) is 0.943. The van der Waals surface area contributed by atoms with Gasteiger partial charge in [0, 0.05) is 0 Å². The minimum Gasteiger partial charge on any atom is -0.394 e. The molecule has 1 unspecified atom stereocenters. The van der Waals surface area contributed by atoms with Gasteiger partial charge in [0.2, 0.25) is 0 Å². The first kappa shape index (κ1) is 31.9. The molecule has 4 aliphatic carbocycles. The van der Waals surface area contributed by atoms with Gasteiger partial charge < -0.3 is 29.9 Å². The smallest absolute Gasteiger partial charge is 0.186 e. The monoisotopic (exact) mass is 576 g/mol. The lowest BCUT2D eigenvalue weighted by molar-refractivity contribution is -0.313. The molecule has 1 aliphatic heterocycles. The highest BCUT2D eigenvalue weighted by atomic mass is 16.7. The van der Waals surface area contributed by atoms with Crippen molar-refractivity contribution in [3.8, 4) is 0 Å². The third-order valence-electron chi connectivity index (χ3n) is 13.5. The van der Waals surface area contributed by atoms with E-state index in [0.29, 0.717) is 5.41 Å². The van der Waals surface area contributed by atoms with Crippen LogP contribution >= 0.6 is 0 Å². The van der Waals surface area contributed by atoms with Crippen molar-refractivity contribution in [3.63, 3.8) is 0 Å². The van der Waals surface area contributed by atoms with Crippen molar-refractivity contribution in [2.45, 2.75) is 149 Å². The molecule has 6 nitrogen and oxygen atoms in total. The Labute approximate surface area is 249 Å². The molecule has 0 radical (unpaired) electrons. The number of hydrogen-bond donors (Lipinski definition) is 4. The fourth-order valence-electron chi connectivity index (χ4n) is 10.8. The van der Waals surface area contributed by atoms with E-state index in [9.17, 15) is 20.4 Å². The number of ether oxygens (including phenoxy) is 2. The third-order valence-corrected chi connectivity index (χ3v) is 13.5. The van der Waals surface area contributed by atoms with Crippen LogP contribution in [-0.2, 0) is 9.47 Å². The molecule has 5 rings (SSSR count). The van der Waals surface area contributed by atoms with E-state index >= 15 is 0 Å². The van der Waals surface area contributed by atoms with Gasteiger partial charge in [-0.1, -0.05) is 66.0 Å². The molecule has 0 bridgehead atoms. The van der Waals surface area contributed by atoms with Crippen LogP contribution in [0.3, 0.4) is 0 Å². The summed E-state index contributed by atoms with van der Waals surface area (Å²) < 4.78 is 11.9. The summed E-state index contributed by atoms with van der Waals surface area (Å²) >= 11 is 0. The summed E-state index contributed by atoms with van der Waals surface area (Å²) in [5.41, 5.74) is 2.19. The zero-order valence-electron chi connectivity index (χ0n) is 26.7. The van der Waals surface area contributed by atoms with Gasteiger partial charge in [-0.2, -0.15) is 0 Å². The van der Waals surface area contributed by atoms with Gasteiger partial charge in [0.05, 0.1) is 12.7 Å². The summed E-state index contributed by atoms with van der Waals surface area (Å²) in [7, 11) is 0. The lowest BCUT2D eigenvalue weighted by atomic mass is 9.47. The first-order valence-corrected chi connectivity index (χ1v) is 17.1.